The summed E-state index contributed by atoms with van der Waals surface area (Å²) in [6.07, 6.45) is 5.52. The van der Waals surface area contributed by atoms with Crippen LogP contribution in [0.25, 0.3) is 17.4 Å². The topological polar surface area (TPSA) is 302 Å². The Labute approximate surface area is 447 Å². The van der Waals surface area contributed by atoms with Crippen LogP contribution < -0.4 is 14.8 Å². The molecule has 1 aromatic rings. The number of benzene rings is 2. The second kappa shape index (κ2) is 31.4. The van der Waals surface area contributed by atoms with Crippen molar-refractivity contribution in [2.45, 2.75) is 69.1 Å². The van der Waals surface area contributed by atoms with Gasteiger partial charge in [-0.1, -0.05) is 32.9 Å². The third-order valence-electron chi connectivity index (χ3n) is 12.0. The summed E-state index contributed by atoms with van der Waals surface area (Å²) in [6.45, 7) is 13.1. The van der Waals surface area contributed by atoms with Gasteiger partial charge in [0, 0.05) is 65.4 Å². The minimum atomic E-state index is -4.91. The minimum absolute atomic E-state index is 0.0709. The van der Waals surface area contributed by atoms with Gasteiger partial charge in [-0.05, 0) is 67.3 Å². The molecule has 22 nitrogen and oxygen atoms in total. The first-order chi connectivity index (χ1) is 35.9. The Morgan fingerprint density at radius 3 is 1.82 bits per heavy atom. The summed E-state index contributed by atoms with van der Waals surface area (Å²) < 4.78 is 160. The smallest absolute Gasteiger partial charge is 0.305 e. The summed E-state index contributed by atoms with van der Waals surface area (Å²) in [5.41, 5.74) is 1.53. The molecule has 428 valence electrons. The summed E-state index contributed by atoms with van der Waals surface area (Å²) in [5.74, 6) is -1.01. The first-order valence-electron chi connectivity index (χ1n) is 25.0. The van der Waals surface area contributed by atoms with Crippen LogP contribution in [0.1, 0.15) is 70.3 Å². The largest absolute Gasteiger partial charge is 0.748 e. The Morgan fingerprint density at radius 1 is 0.711 bits per heavy atom. The highest BCUT2D eigenvalue weighted by Crippen LogP contribution is 2.51. The number of aliphatic carboxylic acids is 1. The van der Waals surface area contributed by atoms with Crippen LogP contribution in [-0.2, 0) is 83.9 Å². The number of hydrogen-bond donors (Lipinski definition) is 1. The van der Waals surface area contributed by atoms with Gasteiger partial charge in [-0.3, -0.25) is 4.79 Å². The molecule has 0 saturated heterocycles. The van der Waals surface area contributed by atoms with Crippen molar-refractivity contribution < 1.29 is 91.1 Å². The van der Waals surface area contributed by atoms with E-state index < -0.39 is 63.6 Å². The Hall–Kier alpha value is -4.19. The predicted molar refractivity (Wildman–Crippen MR) is 278 cm³/mol. The third-order valence-corrected chi connectivity index (χ3v) is 14.4. The van der Waals surface area contributed by atoms with E-state index in [1.54, 1.807) is 20.1 Å². The zero-order valence-electron chi connectivity index (χ0n) is 44.1. The SMILES string of the molecule is COCCOCCOCCOCC[N+](CCCS(=O)(=O)[O-])=c1ccc2c(/C=C/C=C3\N(CCOCCOCCOCCOCCC(=O)O)c4ccc(S(=O)(=O)[O-])cc4C3(C)CCCS(=O)(=O)[O-])cc(C(C)(C)C)oc-2c1. The van der Waals surface area contributed by atoms with Crippen molar-refractivity contribution in [2.24, 2.45) is 0 Å². The van der Waals surface area contributed by atoms with Crippen LogP contribution in [0.15, 0.2) is 69.6 Å². The molecule has 0 aromatic heterocycles. The Balaban J connectivity index is 1.64. The number of carbonyl (C=O) groups is 1. The fraction of sp³-hybridized carbons (Fsp3) is 0.608. The number of carboxylic acid groups (broad SMARTS) is 1. The van der Waals surface area contributed by atoms with E-state index in [0.29, 0.717) is 80.0 Å². The van der Waals surface area contributed by atoms with Gasteiger partial charge in [0.2, 0.25) is 5.36 Å². The van der Waals surface area contributed by atoms with Crippen LogP contribution in [0.3, 0.4) is 0 Å². The molecule has 1 aromatic carbocycles. The molecule has 3 aliphatic rings. The van der Waals surface area contributed by atoms with Gasteiger partial charge in [-0.25, -0.2) is 29.8 Å². The molecule has 25 heteroatoms. The Kier molecular flexibility index (Phi) is 26.6. The maximum absolute atomic E-state index is 12.3. The summed E-state index contributed by atoms with van der Waals surface area (Å²) in [6, 6.07) is 11.6. The fourth-order valence-electron chi connectivity index (χ4n) is 8.18. The number of rotatable bonds is 38. The molecule has 2 aliphatic heterocycles. The van der Waals surface area contributed by atoms with Crippen molar-refractivity contribution >= 4 is 48.1 Å². The van der Waals surface area contributed by atoms with E-state index in [1.807, 2.05) is 66.7 Å². The normalized spacial score (nSPS) is 16.4. The Morgan fingerprint density at radius 2 is 1.26 bits per heavy atom. The maximum atomic E-state index is 12.3. The van der Waals surface area contributed by atoms with Gasteiger partial charge < -0.3 is 66.0 Å². The van der Waals surface area contributed by atoms with Crippen LogP contribution in [0, 0.1) is 0 Å². The Bertz CT molecular complexity index is 2740. The zero-order chi connectivity index (χ0) is 55.8. The number of methoxy groups -OCH3 is 1. The molecule has 0 saturated carbocycles. The average molecular weight is 1130 g/mol. The van der Waals surface area contributed by atoms with Gasteiger partial charge in [-0.2, -0.15) is 0 Å². The number of ether oxygens (including phenoxy) is 8. The van der Waals surface area contributed by atoms with Crippen LogP contribution in [-0.4, -0.2) is 187 Å². The number of fused-ring (bicyclic) bond motifs is 2. The molecule has 76 heavy (non-hydrogen) atoms. The third kappa shape index (κ3) is 22.6. The van der Waals surface area contributed by atoms with Gasteiger partial charge in [0.25, 0.3) is 0 Å². The van der Waals surface area contributed by atoms with Gasteiger partial charge in [0.15, 0.2) is 6.54 Å². The second-order valence-electron chi connectivity index (χ2n) is 18.9. The lowest BCUT2D eigenvalue weighted by molar-refractivity contribution is -0.138. The molecule has 4 rings (SSSR count). The lowest BCUT2D eigenvalue weighted by atomic mass is 9.77. The van der Waals surface area contributed by atoms with Crippen LogP contribution in [0.4, 0.5) is 5.69 Å². The lowest BCUT2D eigenvalue weighted by Gasteiger charge is -2.30. The molecule has 2 heterocycles. The average Bonchev–Trinajstić information content (AvgIpc) is 3.57. The van der Waals surface area contributed by atoms with Crippen LogP contribution >= 0.6 is 0 Å². The van der Waals surface area contributed by atoms with Gasteiger partial charge in [0.1, 0.15) is 34.8 Å². The number of allylic oxidation sites excluding steroid dienone is 3. The lowest BCUT2D eigenvalue weighted by Crippen LogP contribution is -2.35. The standard InChI is InChI=1S/C51H76N2O20S3/c1-50(2,3)48-37-40(43-13-11-41(38-46(43)73-48)52(17-8-36-75(59,60)61)18-21-67-26-29-71-32-31-69-24-23-65-5)9-6-10-47-51(4,16-7-35-74(56,57)58)44-39-42(76(62,63)64)12-14-45(44)53(47)19-22-68-27-30-72-34-33-70-28-25-66-20-15-49(54)55/h6,9-14,37-39H,7-8,15-36H2,1-5H3,(H3-,54,55,56,57,58,59,60,61,62,63,64)/p-2. The highest BCUT2D eigenvalue weighted by Gasteiger charge is 2.43. The molecule has 0 spiro atoms. The van der Waals surface area contributed by atoms with E-state index >= 15 is 0 Å². The van der Waals surface area contributed by atoms with E-state index in [1.165, 1.54) is 18.2 Å². The van der Waals surface area contributed by atoms with E-state index in [4.69, 9.17) is 47.4 Å². The summed E-state index contributed by atoms with van der Waals surface area (Å²) >= 11 is 0. The number of nitrogens with zero attached hydrogens (tertiary/aromatic N) is 2. The molecular formula is C51H74N2O20S3-2. The first-order valence-corrected chi connectivity index (χ1v) is 29.5. The molecule has 1 atom stereocenters. The second-order valence-corrected chi connectivity index (χ2v) is 23.3. The minimum Gasteiger partial charge on any atom is -0.748 e. The van der Waals surface area contributed by atoms with E-state index in [9.17, 15) is 43.7 Å². The predicted octanol–water partition coefficient (Wildman–Crippen LogP) is 3.53. The molecular weight excluding hydrogens is 1060 g/mol. The van der Waals surface area contributed by atoms with E-state index in [0.717, 1.165) is 11.1 Å². The quantitative estimate of drug-likeness (QED) is 0.0487. The van der Waals surface area contributed by atoms with Crippen molar-refractivity contribution in [2.75, 3.05) is 142 Å². The summed E-state index contributed by atoms with van der Waals surface area (Å²) in [4.78, 5) is 12.0. The zero-order valence-corrected chi connectivity index (χ0v) is 46.5. The van der Waals surface area contributed by atoms with Crippen molar-refractivity contribution in [3.63, 3.8) is 0 Å². The molecule has 0 fully saturated rings. The van der Waals surface area contributed by atoms with E-state index in [2.05, 4.69) is 0 Å². The van der Waals surface area contributed by atoms with Gasteiger partial charge in [-0.15, -0.1) is 0 Å². The summed E-state index contributed by atoms with van der Waals surface area (Å²) in [5, 5.41) is 9.39. The molecule has 0 amide bonds. The molecule has 1 N–H and O–H groups in total. The molecule has 0 bridgehead atoms. The molecule has 1 aliphatic carbocycles. The molecule has 0 radical (unpaired) electrons. The van der Waals surface area contributed by atoms with Crippen molar-refractivity contribution in [1.29, 1.82) is 0 Å². The summed E-state index contributed by atoms with van der Waals surface area (Å²) in [7, 11) is -12.4. The van der Waals surface area contributed by atoms with Crippen molar-refractivity contribution in [3.05, 3.63) is 82.6 Å². The van der Waals surface area contributed by atoms with Crippen LogP contribution in [0.5, 0.6) is 0 Å². The van der Waals surface area contributed by atoms with Crippen molar-refractivity contribution in [1.82, 2.24) is 4.58 Å². The van der Waals surface area contributed by atoms with Gasteiger partial charge in [0.05, 0.1) is 130 Å². The van der Waals surface area contributed by atoms with Gasteiger partial charge >= 0.3 is 5.97 Å². The molecule has 1 unspecified atom stereocenters. The fourth-order valence-corrected chi connectivity index (χ4v) is 9.66. The monoisotopic (exact) mass is 1130 g/mol. The highest BCUT2D eigenvalue weighted by atomic mass is 32.2. The number of anilines is 1. The van der Waals surface area contributed by atoms with Crippen LogP contribution in [0.2, 0.25) is 0 Å². The maximum Gasteiger partial charge on any atom is 0.305 e. The van der Waals surface area contributed by atoms with Crippen molar-refractivity contribution in [3.8, 4) is 11.3 Å². The first kappa shape index (κ1) is 64.3. The highest BCUT2D eigenvalue weighted by molar-refractivity contribution is 7.86. The number of carboxylic acids is 1. The number of hydrogen-bond acceptors (Lipinski definition) is 20. The van der Waals surface area contributed by atoms with E-state index in [-0.39, 0.29) is 98.2 Å².